The Labute approximate surface area is 120 Å². The summed E-state index contributed by atoms with van der Waals surface area (Å²) in [7, 11) is 0. The molecule has 3 nitrogen and oxygen atoms in total. The van der Waals surface area contributed by atoms with E-state index in [1.165, 1.54) is 12.1 Å². The van der Waals surface area contributed by atoms with Gasteiger partial charge in [0.1, 0.15) is 0 Å². The molecule has 4 heterocycles. The molecule has 1 aromatic heterocycles. The molecule has 0 spiro atoms. The Morgan fingerprint density at radius 1 is 1.14 bits per heavy atom. The van der Waals surface area contributed by atoms with E-state index < -0.39 is 11.7 Å². The molecule has 3 fully saturated rings. The number of hydrogen-bond acceptors (Lipinski definition) is 2. The minimum absolute atomic E-state index is 0.202. The lowest BCUT2D eigenvalue weighted by Gasteiger charge is -2.44. The largest absolute Gasteiger partial charge is 0.416 e. The van der Waals surface area contributed by atoms with Crippen LogP contribution in [0, 0.1) is 5.92 Å². The molecule has 3 aliphatic rings. The van der Waals surface area contributed by atoms with Gasteiger partial charge in [-0.3, -0.25) is 4.68 Å². The van der Waals surface area contributed by atoms with Crippen molar-refractivity contribution >= 4 is 10.9 Å². The molecule has 0 N–H and O–H groups in total. The van der Waals surface area contributed by atoms with Gasteiger partial charge in [0.15, 0.2) is 0 Å². The van der Waals surface area contributed by atoms with Gasteiger partial charge in [-0.15, -0.1) is 0 Å². The van der Waals surface area contributed by atoms with E-state index in [-0.39, 0.29) is 6.04 Å². The highest BCUT2D eigenvalue weighted by Gasteiger charge is 2.37. The van der Waals surface area contributed by atoms with Gasteiger partial charge in [-0.2, -0.15) is 18.3 Å². The van der Waals surface area contributed by atoms with Crippen molar-refractivity contribution in [3.05, 3.63) is 30.0 Å². The quantitative estimate of drug-likeness (QED) is 0.804. The number of benzene rings is 1. The van der Waals surface area contributed by atoms with Crippen LogP contribution in [0.4, 0.5) is 13.2 Å². The van der Waals surface area contributed by atoms with Crippen LogP contribution in [0.1, 0.15) is 24.4 Å². The molecule has 112 valence electrons. The highest BCUT2D eigenvalue weighted by Crippen LogP contribution is 2.38. The Morgan fingerprint density at radius 3 is 2.52 bits per heavy atom. The van der Waals surface area contributed by atoms with E-state index in [0.29, 0.717) is 11.4 Å². The van der Waals surface area contributed by atoms with Crippen molar-refractivity contribution in [2.75, 3.05) is 19.6 Å². The van der Waals surface area contributed by atoms with E-state index in [9.17, 15) is 13.2 Å². The first-order valence-corrected chi connectivity index (χ1v) is 7.29. The fourth-order valence-electron chi connectivity index (χ4n) is 3.69. The number of fused-ring (bicyclic) bond motifs is 4. The van der Waals surface area contributed by atoms with Gasteiger partial charge in [0.25, 0.3) is 0 Å². The standard InChI is InChI=1S/C15H16F3N3/c16-15(17,18)12-2-1-11-8-19-21(13(11)7-12)14-9-20-5-3-10(14)4-6-20/h1-2,7-8,10,14H,3-6,9H2/t14-/m1/s1. The van der Waals surface area contributed by atoms with Crippen LogP contribution in [0.25, 0.3) is 10.9 Å². The van der Waals surface area contributed by atoms with E-state index >= 15 is 0 Å². The van der Waals surface area contributed by atoms with Gasteiger partial charge in [0.2, 0.25) is 0 Å². The maximum absolute atomic E-state index is 12.9. The first-order chi connectivity index (χ1) is 10.0. The van der Waals surface area contributed by atoms with Crippen molar-refractivity contribution in [2.24, 2.45) is 5.92 Å². The Bertz CT molecular complexity index is 668. The molecule has 6 heteroatoms. The van der Waals surface area contributed by atoms with E-state index in [2.05, 4.69) is 10.00 Å². The van der Waals surface area contributed by atoms with Crippen LogP contribution < -0.4 is 0 Å². The minimum atomic E-state index is -4.31. The first kappa shape index (κ1) is 13.1. The maximum atomic E-state index is 12.9. The second kappa shape index (κ2) is 4.47. The van der Waals surface area contributed by atoms with E-state index in [1.807, 2.05) is 4.68 Å². The predicted octanol–water partition coefficient (Wildman–Crippen LogP) is 3.32. The van der Waals surface area contributed by atoms with Crippen LogP contribution in [0.2, 0.25) is 0 Å². The highest BCUT2D eigenvalue weighted by atomic mass is 19.4. The zero-order valence-electron chi connectivity index (χ0n) is 11.5. The summed E-state index contributed by atoms with van der Waals surface area (Å²) in [5.74, 6) is 0.535. The molecular weight excluding hydrogens is 279 g/mol. The molecule has 0 radical (unpaired) electrons. The van der Waals surface area contributed by atoms with Crippen molar-refractivity contribution < 1.29 is 13.2 Å². The number of alkyl halides is 3. The molecule has 3 aliphatic heterocycles. The zero-order valence-corrected chi connectivity index (χ0v) is 11.5. The molecule has 2 bridgehead atoms. The lowest BCUT2D eigenvalue weighted by atomic mass is 9.84. The molecule has 0 saturated carbocycles. The molecule has 0 amide bonds. The van der Waals surface area contributed by atoms with Gasteiger partial charge in [0.05, 0.1) is 23.3 Å². The van der Waals surface area contributed by atoms with Gasteiger partial charge in [-0.05, 0) is 44.0 Å². The number of aromatic nitrogens is 2. The van der Waals surface area contributed by atoms with Crippen LogP contribution in [0.5, 0.6) is 0 Å². The lowest BCUT2D eigenvalue weighted by Crippen LogP contribution is -2.48. The molecule has 1 atom stereocenters. The fourth-order valence-corrected chi connectivity index (χ4v) is 3.69. The van der Waals surface area contributed by atoms with Crippen LogP contribution >= 0.6 is 0 Å². The van der Waals surface area contributed by atoms with Crippen LogP contribution in [0.3, 0.4) is 0 Å². The summed E-state index contributed by atoms with van der Waals surface area (Å²) in [5.41, 5.74) is 0.00148. The van der Waals surface area contributed by atoms with Crippen LogP contribution in [0.15, 0.2) is 24.4 Å². The van der Waals surface area contributed by atoms with Gasteiger partial charge < -0.3 is 4.90 Å². The second-order valence-corrected chi connectivity index (χ2v) is 6.07. The van der Waals surface area contributed by atoms with E-state index in [1.54, 1.807) is 6.20 Å². The summed E-state index contributed by atoms with van der Waals surface area (Å²) in [4.78, 5) is 2.38. The van der Waals surface area contributed by atoms with Crippen molar-refractivity contribution in [2.45, 2.75) is 25.1 Å². The third-order valence-electron chi connectivity index (χ3n) is 4.86. The number of nitrogens with zero attached hydrogens (tertiary/aromatic N) is 3. The molecular formula is C15H16F3N3. The monoisotopic (exact) mass is 295 g/mol. The molecule has 3 saturated heterocycles. The average molecular weight is 295 g/mol. The van der Waals surface area contributed by atoms with Crippen molar-refractivity contribution in [1.29, 1.82) is 0 Å². The summed E-state index contributed by atoms with van der Waals surface area (Å²) < 4.78 is 40.5. The van der Waals surface area contributed by atoms with Crippen molar-refractivity contribution in [3.63, 3.8) is 0 Å². The van der Waals surface area contributed by atoms with Crippen LogP contribution in [-0.2, 0) is 6.18 Å². The van der Waals surface area contributed by atoms with Crippen LogP contribution in [-0.4, -0.2) is 34.3 Å². The summed E-state index contributed by atoms with van der Waals surface area (Å²) in [6.45, 7) is 3.11. The summed E-state index contributed by atoms with van der Waals surface area (Å²) >= 11 is 0. The van der Waals surface area contributed by atoms with E-state index in [0.717, 1.165) is 43.9 Å². The van der Waals surface area contributed by atoms with Gasteiger partial charge in [-0.25, -0.2) is 0 Å². The first-order valence-electron chi connectivity index (χ1n) is 7.29. The summed E-state index contributed by atoms with van der Waals surface area (Å²) in [6.07, 6.45) is -0.401. The van der Waals surface area contributed by atoms with Gasteiger partial charge >= 0.3 is 6.18 Å². The van der Waals surface area contributed by atoms with Crippen molar-refractivity contribution in [3.8, 4) is 0 Å². The Balaban J connectivity index is 1.78. The fraction of sp³-hybridized carbons (Fsp3) is 0.533. The number of piperidine rings is 3. The average Bonchev–Trinajstić information content (AvgIpc) is 2.90. The molecule has 1 aromatic carbocycles. The second-order valence-electron chi connectivity index (χ2n) is 6.07. The molecule has 0 unspecified atom stereocenters. The Morgan fingerprint density at radius 2 is 1.90 bits per heavy atom. The number of hydrogen-bond donors (Lipinski definition) is 0. The Hall–Kier alpha value is -1.56. The van der Waals surface area contributed by atoms with Crippen molar-refractivity contribution in [1.82, 2.24) is 14.7 Å². The normalized spacial score (nSPS) is 29.2. The van der Waals surface area contributed by atoms with Gasteiger partial charge in [0, 0.05) is 11.9 Å². The lowest BCUT2D eigenvalue weighted by molar-refractivity contribution is -0.137. The minimum Gasteiger partial charge on any atom is -0.301 e. The topological polar surface area (TPSA) is 21.1 Å². The maximum Gasteiger partial charge on any atom is 0.416 e. The molecule has 2 aromatic rings. The highest BCUT2D eigenvalue weighted by molar-refractivity contribution is 5.79. The summed E-state index contributed by atoms with van der Waals surface area (Å²) in [5, 5.41) is 5.16. The predicted molar refractivity (Wildman–Crippen MR) is 72.9 cm³/mol. The molecule has 0 aliphatic carbocycles. The SMILES string of the molecule is FC(F)(F)c1ccc2cnn([C@@H]3CN4CCC3CC4)c2c1. The van der Waals surface area contributed by atoms with Gasteiger partial charge in [-0.1, -0.05) is 6.07 Å². The van der Waals surface area contributed by atoms with E-state index in [4.69, 9.17) is 0 Å². The summed E-state index contributed by atoms with van der Waals surface area (Å²) in [6, 6.07) is 4.09. The third kappa shape index (κ3) is 2.12. The Kier molecular flexibility index (Phi) is 2.79. The number of rotatable bonds is 1. The third-order valence-corrected chi connectivity index (χ3v) is 4.86. The zero-order chi connectivity index (χ0) is 14.6. The molecule has 5 rings (SSSR count). The molecule has 21 heavy (non-hydrogen) atoms. The smallest absolute Gasteiger partial charge is 0.301 e. The number of halogens is 3.